The third-order valence-electron chi connectivity index (χ3n) is 5.92. The zero-order valence-corrected chi connectivity index (χ0v) is 36.2. The van der Waals surface area contributed by atoms with Crippen molar-refractivity contribution < 1.29 is 51.1 Å². The van der Waals surface area contributed by atoms with Crippen LogP contribution < -0.4 is 0 Å². The number of aliphatic hydroxyl groups excluding tert-OH is 4. The van der Waals surface area contributed by atoms with Crippen LogP contribution in [-0.4, -0.2) is 135 Å². The van der Waals surface area contributed by atoms with Gasteiger partial charge in [-0.1, -0.05) is 0 Å². The van der Waals surface area contributed by atoms with Crippen LogP contribution in [0.25, 0.3) is 0 Å². The van der Waals surface area contributed by atoms with Crippen molar-refractivity contribution in [2.75, 3.05) is 46.2 Å². The molecule has 0 saturated carbocycles. The van der Waals surface area contributed by atoms with Crippen molar-refractivity contribution in [3.63, 3.8) is 0 Å². The summed E-state index contributed by atoms with van der Waals surface area (Å²) in [5.74, 6) is 0. The van der Waals surface area contributed by atoms with Gasteiger partial charge in [-0.15, -0.1) is 0 Å². The summed E-state index contributed by atoms with van der Waals surface area (Å²) in [4.78, 5) is 0. The average molecular weight is 737 g/mol. The molecule has 0 radical (unpaired) electrons. The molecule has 0 spiro atoms. The Morgan fingerprint density at radius 2 is 0.841 bits per heavy atom. The van der Waals surface area contributed by atoms with Gasteiger partial charge in [0.2, 0.25) is 0 Å². The zero-order chi connectivity index (χ0) is 34.5. The van der Waals surface area contributed by atoms with Crippen LogP contribution in [0.2, 0.25) is 103 Å². The predicted molar refractivity (Wildman–Crippen MR) is 192 cm³/mol. The Labute approximate surface area is 274 Å². The van der Waals surface area contributed by atoms with Gasteiger partial charge in [0.05, 0.1) is 39.6 Å². The van der Waals surface area contributed by atoms with Gasteiger partial charge in [-0.3, -0.25) is 0 Å². The molecule has 5 atom stereocenters. The van der Waals surface area contributed by atoms with Gasteiger partial charge in [0.15, 0.2) is 33.3 Å². The predicted octanol–water partition coefficient (Wildman–Crippen LogP) is 4.42. The minimum Gasteiger partial charge on any atom is -0.456 e. The van der Waals surface area contributed by atoms with Gasteiger partial charge < -0.3 is 51.1 Å². The summed E-state index contributed by atoms with van der Waals surface area (Å²) in [5.41, 5.74) is 0. The van der Waals surface area contributed by atoms with Gasteiger partial charge in [-0.25, -0.2) is 0 Å². The molecule has 0 aliphatic carbocycles. The van der Waals surface area contributed by atoms with Gasteiger partial charge in [-0.05, 0) is 110 Å². The maximum absolute atomic E-state index is 10.2. The van der Waals surface area contributed by atoms with E-state index in [4.69, 9.17) is 35.8 Å². The van der Waals surface area contributed by atoms with Crippen molar-refractivity contribution in [2.24, 2.45) is 0 Å². The van der Waals surface area contributed by atoms with Crippen LogP contribution in [0.1, 0.15) is 6.42 Å². The molecule has 5 unspecified atom stereocenters. The third kappa shape index (κ3) is 25.0. The number of ether oxygens (including phenoxy) is 3. The summed E-state index contributed by atoms with van der Waals surface area (Å²) < 4.78 is 43.7. The summed E-state index contributed by atoms with van der Waals surface area (Å²) in [5, 5.41) is 38.2. The Kier molecular flexibility index (Phi) is 20.1. The van der Waals surface area contributed by atoms with E-state index in [-0.39, 0.29) is 33.0 Å². The SMILES string of the molecule is C[Si](C)(C)O[Si](C)(C)CC[Si](C)(O[Si](C)(C)C)O[Si](C)(CCCOCC(O)COCC(O)COCC(O)CO)O[Si](C)(C)C. The molecular weight excluding hydrogens is 669 g/mol. The molecule has 0 saturated heterocycles. The summed E-state index contributed by atoms with van der Waals surface area (Å²) in [6, 6.07) is 2.67. The van der Waals surface area contributed by atoms with E-state index in [0.29, 0.717) is 6.61 Å². The van der Waals surface area contributed by atoms with Crippen LogP contribution in [0.15, 0.2) is 0 Å². The first-order valence-electron chi connectivity index (χ1n) is 16.0. The molecule has 0 rings (SSSR count). The van der Waals surface area contributed by atoms with Crippen LogP contribution in [0, 0.1) is 0 Å². The van der Waals surface area contributed by atoms with Gasteiger partial charge in [0.1, 0.15) is 18.3 Å². The molecule has 4 N–H and O–H groups in total. The molecule has 266 valence electrons. The van der Waals surface area contributed by atoms with Crippen molar-refractivity contribution in [1.29, 1.82) is 0 Å². The molecule has 0 aromatic carbocycles. The molecule has 0 aromatic rings. The Hall–Kier alpha value is 0.861. The summed E-state index contributed by atoms with van der Waals surface area (Å²) in [6.45, 7) is 29.1. The van der Waals surface area contributed by atoms with Crippen molar-refractivity contribution in [1.82, 2.24) is 0 Å². The largest absolute Gasteiger partial charge is 0.456 e. The monoisotopic (exact) mass is 736 g/mol. The Balaban J connectivity index is 5.06. The van der Waals surface area contributed by atoms with E-state index < -0.39 is 75.3 Å². The molecule has 0 heterocycles. The highest BCUT2D eigenvalue weighted by Gasteiger charge is 2.47. The van der Waals surface area contributed by atoms with E-state index in [9.17, 15) is 15.3 Å². The minimum absolute atomic E-state index is 0.0176. The zero-order valence-electron chi connectivity index (χ0n) is 30.2. The molecule has 0 aliphatic rings. The number of rotatable bonds is 26. The average Bonchev–Trinajstić information content (AvgIpc) is 2.78. The lowest BCUT2D eigenvalue weighted by Crippen LogP contribution is -2.58. The second kappa shape index (κ2) is 19.8. The maximum atomic E-state index is 10.2. The molecule has 0 aliphatic heterocycles. The summed E-state index contributed by atoms with van der Waals surface area (Å²) in [7, 11) is -12.5. The molecule has 0 fully saturated rings. The Morgan fingerprint density at radius 3 is 1.25 bits per heavy atom. The van der Waals surface area contributed by atoms with E-state index in [0.717, 1.165) is 24.6 Å². The van der Waals surface area contributed by atoms with Crippen LogP contribution in [-0.2, 0) is 30.7 Å². The fourth-order valence-corrected chi connectivity index (χ4v) is 33.7. The summed E-state index contributed by atoms with van der Waals surface area (Å²) in [6.07, 6.45) is -1.96. The van der Waals surface area contributed by atoms with Gasteiger partial charge in [0, 0.05) is 6.61 Å². The quantitative estimate of drug-likeness (QED) is 0.0740. The van der Waals surface area contributed by atoms with Crippen molar-refractivity contribution in [3.05, 3.63) is 0 Å². The first-order chi connectivity index (χ1) is 19.8. The lowest BCUT2D eigenvalue weighted by Gasteiger charge is -2.44. The number of aliphatic hydroxyl groups is 4. The van der Waals surface area contributed by atoms with Crippen LogP contribution >= 0.6 is 0 Å². The molecule has 0 amide bonds. The van der Waals surface area contributed by atoms with Crippen molar-refractivity contribution in [3.8, 4) is 0 Å². The standard InChI is InChI=1S/C27H68O11Si6/c1-39(2,3)35-42(10,11)17-18-44(13,37-41(7,8)9)38-43(12,36-40(4,5)6)16-14-15-32-21-26(30)22-34-24-27(31)23-33-20-25(29)19-28/h25-31H,14-24H2,1-13H3. The van der Waals surface area contributed by atoms with Crippen molar-refractivity contribution >= 4 is 50.4 Å². The molecule has 0 aromatic heterocycles. The molecule has 17 heteroatoms. The number of hydrogen-bond donors (Lipinski definition) is 4. The smallest absolute Gasteiger partial charge is 0.315 e. The normalized spacial score (nSPS) is 18.5. The fourth-order valence-electron chi connectivity index (χ4n) is 4.95. The van der Waals surface area contributed by atoms with Gasteiger partial charge >= 0.3 is 17.1 Å². The lowest BCUT2D eigenvalue weighted by atomic mass is 10.4. The first-order valence-corrected chi connectivity index (χ1v) is 34.4. The van der Waals surface area contributed by atoms with Gasteiger partial charge in [0.25, 0.3) is 0 Å². The number of hydrogen-bond acceptors (Lipinski definition) is 11. The maximum Gasteiger partial charge on any atom is 0.315 e. The lowest BCUT2D eigenvalue weighted by molar-refractivity contribution is -0.0674. The van der Waals surface area contributed by atoms with Crippen LogP contribution in [0.4, 0.5) is 0 Å². The molecule has 11 nitrogen and oxygen atoms in total. The summed E-state index contributed by atoms with van der Waals surface area (Å²) >= 11 is 0. The van der Waals surface area contributed by atoms with E-state index in [1.54, 1.807) is 0 Å². The fraction of sp³-hybridized carbons (Fsp3) is 1.00. The highest BCUT2D eigenvalue weighted by atomic mass is 28.5. The Morgan fingerprint density at radius 1 is 0.455 bits per heavy atom. The van der Waals surface area contributed by atoms with E-state index in [1.165, 1.54) is 0 Å². The first kappa shape index (κ1) is 44.9. The van der Waals surface area contributed by atoms with E-state index >= 15 is 0 Å². The van der Waals surface area contributed by atoms with E-state index in [1.807, 2.05) is 0 Å². The van der Waals surface area contributed by atoms with Crippen LogP contribution in [0.3, 0.4) is 0 Å². The Bertz CT molecular complexity index is 779. The highest BCUT2D eigenvalue weighted by Crippen LogP contribution is 2.33. The van der Waals surface area contributed by atoms with Crippen LogP contribution in [0.5, 0.6) is 0 Å². The molecule has 44 heavy (non-hydrogen) atoms. The van der Waals surface area contributed by atoms with E-state index in [2.05, 4.69) is 85.1 Å². The van der Waals surface area contributed by atoms with Crippen molar-refractivity contribution in [2.45, 2.75) is 128 Å². The highest BCUT2D eigenvalue weighted by molar-refractivity contribution is 6.91. The molecular formula is C27H68O11Si6. The minimum atomic E-state index is -2.63. The topological polar surface area (TPSA) is 146 Å². The second-order valence-corrected chi connectivity index (χ2v) is 41.2. The van der Waals surface area contributed by atoms with Gasteiger partial charge in [-0.2, -0.15) is 0 Å². The third-order valence-corrected chi connectivity index (χ3v) is 26.8. The second-order valence-electron chi connectivity index (χ2n) is 15.7. The molecule has 0 bridgehead atoms.